The van der Waals surface area contributed by atoms with Gasteiger partial charge in [-0.25, -0.2) is 0 Å². The summed E-state index contributed by atoms with van der Waals surface area (Å²) in [5.41, 5.74) is 8.15. The van der Waals surface area contributed by atoms with Crippen molar-refractivity contribution in [3.05, 3.63) is 35.4 Å². The highest BCUT2D eigenvalue weighted by Gasteiger charge is 2.43. The zero-order chi connectivity index (χ0) is 13.3. The molecule has 3 atom stereocenters. The Morgan fingerprint density at radius 2 is 2.22 bits per heavy atom. The first-order valence-electron chi connectivity index (χ1n) is 6.54. The Morgan fingerprint density at radius 1 is 1.56 bits per heavy atom. The van der Waals surface area contributed by atoms with Crippen LogP contribution >= 0.6 is 0 Å². The van der Waals surface area contributed by atoms with E-state index >= 15 is 0 Å². The Bertz CT molecular complexity index is 456. The summed E-state index contributed by atoms with van der Waals surface area (Å²) in [6.45, 7) is 4.13. The number of carboxylic acids is 1. The van der Waals surface area contributed by atoms with E-state index in [1.807, 2.05) is 19.1 Å². The largest absolute Gasteiger partial charge is 0.481 e. The SMILES string of the molecule is CC1CCC(CC(=O)O)(C(C)N)c2ccccc21. The summed E-state index contributed by atoms with van der Waals surface area (Å²) in [4.78, 5) is 11.2. The molecule has 1 aromatic carbocycles. The van der Waals surface area contributed by atoms with Gasteiger partial charge in [-0.1, -0.05) is 31.2 Å². The van der Waals surface area contributed by atoms with Crippen LogP contribution in [0.15, 0.2) is 24.3 Å². The lowest BCUT2D eigenvalue weighted by molar-refractivity contribution is -0.139. The molecular formula is C15H21NO2. The maximum absolute atomic E-state index is 11.2. The first kappa shape index (κ1) is 13.1. The van der Waals surface area contributed by atoms with Crippen molar-refractivity contribution in [2.75, 3.05) is 0 Å². The Labute approximate surface area is 108 Å². The Balaban J connectivity index is 2.55. The molecule has 0 heterocycles. The Kier molecular flexibility index (Phi) is 3.44. The van der Waals surface area contributed by atoms with Gasteiger partial charge in [0.1, 0.15) is 0 Å². The van der Waals surface area contributed by atoms with Gasteiger partial charge >= 0.3 is 5.97 Å². The number of benzene rings is 1. The van der Waals surface area contributed by atoms with Gasteiger partial charge in [-0.05, 0) is 36.8 Å². The smallest absolute Gasteiger partial charge is 0.304 e. The van der Waals surface area contributed by atoms with Crippen molar-refractivity contribution in [3.63, 3.8) is 0 Å². The normalized spacial score (nSPS) is 28.5. The fourth-order valence-corrected chi connectivity index (χ4v) is 3.23. The van der Waals surface area contributed by atoms with Crippen LogP contribution in [0.4, 0.5) is 0 Å². The van der Waals surface area contributed by atoms with Crippen LogP contribution in [0.1, 0.15) is 50.2 Å². The third-order valence-electron chi connectivity index (χ3n) is 4.39. The highest BCUT2D eigenvalue weighted by Crippen LogP contribution is 2.46. The van der Waals surface area contributed by atoms with Crippen molar-refractivity contribution in [3.8, 4) is 0 Å². The summed E-state index contributed by atoms with van der Waals surface area (Å²) in [5.74, 6) is -0.279. The van der Waals surface area contributed by atoms with Gasteiger partial charge in [-0.15, -0.1) is 0 Å². The maximum atomic E-state index is 11.2. The van der Waals surface area contributed by atoms with Gasteiger partial charge in [0.15, 0.2) is 0 Å². The molecule has 3 unspecified atom stereocenters. The molecule has 0 fully saturated rings. The topological polar surface area (TPSA) is 63.3 Å². The highest BCUT2D eigenvalue weighted by molar-refractivity contribution is 5.70. The molecule has 1 aliphatic carbocycles. The van der Waals surface area contributed by atoms with Gasteiger partial charge in [0.25, 0.3) is 0 Å². The molecule has 0 radical (unpaired) electrons. The van der Waals surface area contributed by atoms with Gasteiger partial charge in [-0.3, -0.25) is 4.79 Å². The van der Waals surface area contributed by atoms with Gasteiger partial charge in [0.05, 0.1) is 6.42 Å². The monoisotopic (exact) mass is 247 g/mol. The molecule has 1 aromatic rings. The second-order valence-electron chi connectivity index (χ2n) is 5.54. The predicted molar refractivity (Wildman–Crippen MR) is 71.7 cm³/mol. The number of nitrogens with two attached hydrogens (primary N) is 1. The fourth-order valence-electron chi connectivity index (χ4n) is 3.23. The van der Waals surface area contributed by atoms with Crippen molar-refractivity contribution >= 4 is 5.97 Å². The average molecular weight is 247 g/mol. The second-order valence-corrected chi connectivity index (χ2v) is 5.54. The van der Waals surface area contributed by atoms with E-state index in [4.69, 9.17) is 5.73 Å². The molecule has 0 spiro atoms. The molecule has 3 N–H and O–H groups in total. The number of aliphatic carboxylic acids is 1. The van der Waals surface area contributed by atoms with E-state index in [9.17, 15) is 9.90 Å². The van der Waals surface area contributed by atoms with E-state index in [1.165, 1.54) is 5.56 Å². The van der Waals surface area contributed by atoms with Crippen molar-refractivity contribution in [2.24, 2.45) is 5.73 Å². The molecule has 98 valence electrons. The Hall–Kier alpha value is -1.35. The molecule has 2 rings (SSSR count). The van der Waals surface area contributed by atoms with Crippen molar-refractivity contribution < 1.29 is 9.90 Å². The molecule has 0 saturated heterocycles. The number of carboxylic acid groups (broad SMARTS) is 1. The third-order valence-corrected chi connectivity index (χ3v) is 4.39. The number of rotatable bonds is 3. The average Bonchev–Trinajstić information content (AvgIpc) is 2.32. The van der Waals surface area contributed by atoms with E-state index in [2.05, 4.69) is 19.1 Å². The van der Waals surface area contributed by atoms with E-state index in [0.717, 1.165) is 18.4 Å². The van der Waals surface area contributed by atoms with Crippen LogP contribution in [-0.4, -0.2) is 17.1 Å². The number of hydrogen-bond donors (Lipinski definition) is 2. The van der Waals surface area contributed by atoms with Crippen LogP contribution in [0, 0.1) is 0 Å². The van der Waals surface area contributed by atoms with Gasteiger partial charge in [-0.2, -0.15) is 0 Å². The minimum atomic E-state index is -0.767. The summed E-state index contributed by atoms with van der Waals surface area (Å²) in [6.07, 6.45) is 1.98. The maximum Gasteiger partial charge on any atom is 0.304 e. The van der Waals surface area contributed by atoms with E-state index in [0.29, 0.717) is 5.92 Å². The quantitative estimate of drug-likeness (QED) is 0.863. The minimum Gasteiger partial charge on any atom is -0.481 e. The number of fused-ring (bicyclic) bond motifs is 1. The first-order valence-corrected chi connectivity index (χ1v) is 6.54. The van der Waals surface area contributed by atoms with Gasteiger partial charge in [0.2, 0.25) is 0 Å². The lowest BCUT2D eigenvalue weighted by atomic mass is 9.62. The summed E-state index contributed by atoms with van der Waals surface area (Å²) in [5, 5.41) is 9.22. The molecule has 0 bridgehead atoms. The van der Waals surface area contributed by atoms with Crippen LogP contribution in [0.2, 0.25) is 0 Å². The van der Waals surface area contributed by atoms with Crippen molar-refractivity contribution in [1.82, 2.24) is 0 Å². The zero-order valence-corrected chi connectivity index (χ0v) is 11.0. The van der Waals surface area contributed by atoms with Crippen LogP contribution in [-0.2, 0) is 10.2 Å². The molecule has 1 aliphatic rings. The minimum absolute atomic E-state index is 0.119. The van der Waals surface area contributed by atoms with E-state index < -0.39 is 11.4 Å². The molecule has 0 saturated carbocycles. The lowest BCUT2D eigenvalue weighted by Crippen LogP contribution is -2.47. The van der Waals surface area contributed by atoms with Crippen LogP contribution in [0.5, 0.6) is 0 Å². The molecule has 0 aromatic heterocycles. The molecular weight excluding hydrogens is 226 g/mol. The molecule has 18 heavy (non-hydrogen) atoms. The van der Waals surface area contributed by atoms with Crippen LogP contribution in [0.3, 0.4) is 0 Å². The molecule has 3 nitrogen and oxygen atoms in total. The first-order chi connectivity index (χ1) is 8.47. The third kappa shape index (κ3) is 2.03. The molecule has 0 amide bonds. The van der Waals surface area contributed by atoms with Crippen LogP contribution in [0.25, 0.3) is 0 Å². The van der Waals surface area contributed by atoms with E-state index in [1.54, 1.807) is 0 Å². The van der Waals surface area contributed by atoms with Crippen molar-refractivity contribution in [1.29, 1.82) is 0 Å². The zero-order valence-electron chi connectivity index (χ0n) is 11.0. The number of hydrogen-bond acceptors (Lipinski definition) is 2. The molecule has 0 aliphatic heterocycles. The van der Waals surface area contributed by atoms with Crippen molar-refractivity contribution in [2.45, 2.75) is 50.5 Å². The van der Waals surface area contributed by atoms with Gasteiger partial charge in [0, 0.05) is 11.5 Å². The number of carbonyl (C=O) groups is 1. The van der Waals surface area contributed by atoms with E-state index in [-0.39, 0.29) is 12.5 Å². The summed E-state index contributed by atoms with van der Waals surface area (Å²) in [7, 11) is 0. The summed E-state index contributed by atoms with van der Waals surface area (Å²) >= 11 is 0. The highest BCUT2D eigenvalue weighted by atomic mass is 16.4. The predicted octanol–water partition coefficient (Wildman–Crippen LogP) is 2.64. The summed E-state index contributed by atoms with van der Waals surface area (Å²) < 4.78 is 0. The lowest BCUT2D eigenvalue weighted by Gasteiger charge is -2.43. The van der Waals surface area contributed by atoms with Crippen LogP contribution < -0.4 is 5.73 Å². The second kappa shape index (κ2) is 4.73. The standard InChI is InChI=1S/C15H21NO2/c1-10-7-8-15(11(2)16,9-14(17)18)13-6-4-3-5-12(10)13/h3-6,10-11H,7-9,16H2,1-2H3,(H,17,18). The van der Waals surface area contributed by atoms with Gasteiger partial charge < -0.3 is 10.8 Å². The fraction of sp³-hybridized carbons (Fsp3) is 0.533. The molecule has 3 heteroatoms. The Morgan fingerprint density at radius 3 is 2.83 bits per heavy atom. The summed E-state index contributed by atoms with van der Waals surface area (Å²) in [6, 6.07) is 8.01.